The van der Waals surface area contributed by atoms with E-state index >= 15 is 0 Å². The Hall–Kier alpha value is -0.0800. The van der Waals surface area contributed by atoms with Gasteiger partial charge >= 0.3 is 0 Å². The van der Waals surface area contributed by atoms with E-state index in [4.69, 9.17) is 5.84 Å². The van der Waals surface area contributed by atoms with Gasteiger partial charge in [-0.15, -0.1) is 0 Å². The highest BCUT2D eigenvalue weighted by atomic mass is 15.2. The van der Waals surface area contributed by atoms with Crippen LogP contribution in [0.2, 0.25) is 0 Å². The molecule has 0 aromatic heterocycles. The van der Waals surface area contributed by atoms with Crippen LogP contribution >= 0.6 is 0 Å². The minimum atomic E-state index is 0.548. The van der Waals surface area contributed by atoms with Crippen molar-refractivity contribution in [1.82, 2.24) is 5.43 Å². The molecule has 0 radical (unpaired) electrons. The number of rotatable bonds is 8. The molecule has 0 bridgehead atoms. The third kappa shape index (κ3) is 5.27. The first-order valence-electron chi connectivity index (χ1n) is 8.17. The van der Waals surface area contributed by atoms with Gasteiger partial charge in [-0.2, -0.15) is 0 Å². The lowest BCUT2D eigenvalue weighted by molar-refractivity contribution is 0.194. The Morgan fingerprint density at radius 3 is 2.33 bits per heavy atom. The first-order valence-corrected chi connectivity index (χ1v) is 8.17. The van der Waals surface area contributed by atoms with E-state index in [2.05, 4.69) is 26.2 Å². The Morgan fingerprint density at radius 1 is 1.17 bits per heavy atom. The van der Waals surface area contributed by atoms with Crippen molar-refractivity contribution in [3.8, 4) is 0 Å². The predicted octanol–water partition coefficient (Wildman–Crippen LogP) is 4.25. The van der Waals surface area contributed by atoms with E-state index in [-0.39, 0.29) is 0 Å². The van der Waals surface area contributed by atoms with Crippen LogP contribution in [0.3, 0.4) is 0 Å². The molecule has 0 aliphatic heterocycles. The molecule has 1 aliphatic carbocycles. The highest BCUT2D eigenvalue weighted by Gasteiger charge is 2.27. The second-order valence-corrected chi connectivity index (χ2v) is 6.45. The summed E-state index contributed by atoms with van der Waals surface area (Å²) in [6, 6.07) is 0.548. The quantitative estimate of drug-likeness (QED) is 0.502. The smallest absolute Gasteiger partial charge is 0.0241 e. The van der Waals surface area contributed by atoms with Crippen LogP contribution in [-0.4, -0.2) is 6.04 Å². The van der Waals surface area contributed by atoms with Gasteiger partial charge in [-0.05, 0) is 37.0 Å². The number of unbranched alkanes of at least 4 members (excludes halogenated alkanes) is 1. The normalized spacial score (nSPS) is 28.0. The zero-order valence-corrected chi connectivity index (χ0v) is 12.8. The maximum absolute atomic E-state index is 5.77. The van der Waals surface area contributed by atoms with Crippen LogP contribution in [0.5, 0.6) is 0 Å². The molecule has 1 rings (SSSR count). The highest BCUT2D eigenvalue weighted by molar-refractivity contribution is 4.81. The molecule has 108 valence electrons. The number of nitrogens with two attached hydrogens (primary N) is 1. The first kappa shape index (κ1) is 16.0. The van der Waals surface area contributed by atoms with Crippen LogP contribution in [0.4, 0.5) is 0 Å². The van der Waals surface area contributed by atoms with Gasteiger partial charge in [0, 0.05) is 6.04 Å². The van der Waals surface area contributed by atoms with Gasteiger partial charge in [-0.25, -0.2) is 0 Å². The average Bonchev–Trinajstić information content (AvgIpc) is 2.42. The van der Waals surface area contributed by atoms with Gasteiger partial charge in [0.15, 0.2) is 0 Å². The molecule has 0 aromatic carbocycles. The number of nitrogens with one attached hydrogen (secondary N) is 1. The second-order valence-electron chi connectivity index (χ2n) is 6.45. The molecule has 1 saturated carbocycles. The summed E-state index contributed by atoms with van der Waals surface area (Å²) in [5.41, 5.74) is 3.09. The van der Waals surface area contributed by atoms with Crippen LogP contribution in [-0.2, 0) is 0 Å². The Balaban J connectivity index is 2.30. The maximum Gasteiger partial charge on any atom is 0.0241 e. The molecule has 2 heteroatoms. The molecule has 1 aliphatic rings. The number of hydrogen-bond acceptors (Lipinski definition) is 2. The van der Waals surface area contributed by atoms with Crippen LogP contribution < -0.4 is 11.3 Å². The Bertz CT molecular complexity index is 197. The summed E-state index contributed by atoms with van der Waals surface area (Å²) in [5.74, 6) is 8.39. The minimum Gasteiger partial charge on any atom is -0.271 e. The molecule has 1 fully saturated rings. The van der Waals surface area contributed by atoms with E-state index in [9.17, 15) is 0 Å². The van der Waals surface area contributed by atoms with Crippen LogP contribution in [0.1, 0.15) is 78.6 Å². The SMILES string of the molecule is CCCCC1CCC(C(CC(C)CC)NN)CC1. The van der Waals surface area contributed by atoms with Gasteiger partial charge in [0.2, 0.25) is 0 Å². The van der Waals surface area contributed by atoms with Gasteiger partial charge in [0.1, 0.15) is 0 Å². The van der Waals surface area contributed by atoms with E-state index in [0.717, 1.165) is 17.8 Å². The average molecular weight is 254 g/mol. The molecule has 0 amide bonds. The predicted molar refractivity (Wildman–Crippen MR) is 80.2 cm³/mol. The summed E-state index contributed by atoms with van der Waals surface area (Å²) in [6.07, 6.45) is 12.4. The minimum absolute atomic E-state index is 0.548. The summed E-state index contributed by atoms with van der Waals surface area (Å²) >= 11 is 0. The molecule has 2 unspecified atom stereocenters. The lowest BCUT2D eigenvalue weighted by Gasteiger charge is -2.34. The van der Waals surface area contributed by atoms with Gasteiger partial charge < -0.3 is 0 Å². The van der Waals surface area contributed by atoms with Crippen LogP contribution in [0.25, 0.3) is 0 Å². The molecular formula is C16H34N2. The van der Waals surface area contributed by atoms with Crippen molar-refractivity contribution >= 4 is 0 Å². The summed E-state index contributed by atoms with van der Waals surface area (Å²) in [6.45, 7) is 6.92. The Labute approximate surface area is 114 Å². The topological polar surface area (TPSA) is 38.0 Å². The Morgan fingerprint density at radius 2 is 1.83 bits per heavy atom. The molecule has 3 N–H and O–H groups in total. The summed E-state index contributed by atoms with van der Waals surface area (Å²) in [4.78, 5) is 0. The van der Waals surface area contributed by atoms with Gasteiger partial charge in [0.25, 0.3) is 0 Å². The van der Waals surface area contributed by atoms with Crippen molar-refractivity contribution in [2.24, 2.45) is 23.6 Å². The van der Waals surface area contributed by atoms with Crippen molar-refractivity contribution < 1.29 is 0 Å². The van der Waals surface area contributed by atoms with E-state index in [1.807, 2.05) is 0 Å². The van der Waals surface area contributed by atoms with E-state index in [1.165, 1.54) is 57.8 Å². The standard InChI is InChI=1S/C16H34N2/c1-4-6-7-14-8-10-15(11-9-14)16(18-17)12-13(3)5-2/h13-16,18H,4-12,17H2,1-3H3. The zero-order valence-electron chi connectivity index (χ0n) is 12.8. The summed E-state index contributed by atoms with van der Waals surface area (Å²) in [5, 5.41) is 0. The fraction of sp³-hybridized carbons (Fsp3) is 1.00. The third-order valence-corrected chi connectivity index (χ3v) is 4.99. The second kappa shape index (κ2) is 8.92. The van der Waals surface area contributed by atoms with Crippen LogP contribution in [0.15, 0.2) is 0 Å². The fourth-order valence-electron chi connectivity index (χ4n) is 3.37. The lowest BCUT2D eigenvalue weighted by atomic mass is 9.75. The number of hydrogen-bond donors (Lipinski definition) is 2. The highest BCUT2D eigenvalue weighted by Crippen LogP contribution is 2.35. The van der Waals surface area contributed by atoms with Gasteiger partial charge in [-0.1, -0.05) is 59.3 Å². The molecule has 0 heterocycles. The third-order valence-electron chi connectivity index (χ3n) is 4.99. The van der Waals surface area contributed by atoms with E-state index < -0.39 is 0 Å². The lowest BCUT2D eigenvalue weighted by Crippen LogP contribution is -2.43. The van der Waals surface area contributed by atoms with Gasteiger partial charge in [-0.3, -0.25) is 11.3 Å². The molecule has 0 saturated heterocycles. The van der Waals surface area contributed by atoms with Crippen molar-refractivity contribution in [2.75, 3.05) is 0 Å². The monoisotopic (exact) mass is 254 g/mol. The fourth-order valence-corrected chi connectivity index (χ4v) is 3.37. The molecule has 2 nitrogen and oxygen atoms in total. The molecular weight excluding hydrogens is 220 g/mol. The van der Waals surface area contributed by atoms with Crippen LogP contribution in [0, 0.1) is 17.8 Å². The maximum atomic E-state index is 5.77. The van der Waals surface area contributed by atoms with Crippen molar-refractivity contribution in [2.45, 2.75) is 84.6 Å². The van der Waals surface area contributed by atoms with Crippen molar-refractivity contribution in [3.63, 3.8) is 0 Å². The first-order chi connectivity index (χ1) is 8.71. The van der Waals surface area contributed by atoms with Crippen molar-refractivity contribution in [3.05, 3.63) is 0 Å². The molecule has 0 spiro atoms. The summed E-state index contributed by atoms with van der Waals surface area (Å²) < 4.78 is 0. The van der Waals surface area contributed by atoms with E-state index in [1.54, 1.807) is 0 Å². The van der Waals surface area contributed by atoms with Crippen molar-refractivity contribution in [1.29, 1.82) is 0 Å². The Kier molecular flexibility index (Phi) is 7.92. The number of hydrazine groups is 1. The largest absolute Gasteiger partial charge is 0.271 e. The van der Waals surface area contributed by atoms with Gasteiger partial charge in [0.05, 0.1) is 0 Å². The van der Waals surface area contributed by atoms with E-state index in [0.29, 0.717) is 6.04 Å². The molecule has 18 heavy (non-hydrogen) atoms. The molecule has 2 atom stereocenters. The summed E-state index contributed by atoms with van der Waals surface area (Å²) in [7, 11) is 0. The zero-order chi connectivity index (χ0) is 13.4. The molecule has 0 aromatic rings.